The van der Waals surface area contributed by atoms with Gasteiger partial charge in [-0.1, -0.05) is 17.7 Å². The summed E-state index contributed by atoms with van der Waals surface area (Å²) in [5.41, 5.74) is 0. The van der Waals surface area contributed by atoms with Gasteiger partial charge in [0.15, 0.2) is 0 Å². The smallest absolute Gasteiger partial charge is 0.324 e. The van der Waals surface area contributed by atoms with Gasteiger partial charge in [0.1, 0.15) is 0 Å². The van der Waals surface area contributed by atoms with Crippen molar-refractivity contribution in [2.75, 3.05) is 13.3 Å². The summed E-state index contributed by atoms with van der Waals surface area (Å²) in [6.45, 7) is 1.64. The van der Waals surface area contributed by atoms with Gasteiger partial charge in [-0.3, -0.25) is 4.57 Å². The van der Waals surface area contributed by atoms with Gasteiger partial charge in [-0.2, -0.15) is 0 Å². The Bertz CT molecular complexity index is 174. The summed E-state index contributed by atoms with van der Waals surface area (Å²) in [5, 5.41) is 0.492. The van der Waals surface area contributed by atoms with Gasteiger partial charge >= 0.3 is 7.60 Å². The fraction of sp³-hybridized carbons (Fsp3) is 0.600. The molecule has 3 nitrogen and oxygen atoms in total. The molecule has 0 aromatic heterocycles. The molecular formula is C5H10ClO3P. The lowest BCUT2D eigenvalue weighted by Crippen LogP contribution is -1.86. The Kier molecular flexibility index (Phi) is 4.22. The molecule has 0 saturated heterocycles. The summed E-state index contributed by atoms with van der Waals surface area (Å²) in [4.78, 5) is 8.80. The predicted molar refractivity (Wildman–Crippen MR) is 41.3 cm³/mol. The SMILES string of the molecule is COP(=O)(O)CC=C(C)Cl. The zero-order valence-electron chi connectivity index (χ0n) is 5.87. The van der Waals surface area contributed by atoms with Gasteiger partial charge in [-0.05, 0) is 6.92 Å². The molecule has 10 heavy (non-hydrogen) atoms. The van der Waals surface area contributed by atoms with Gasteiger partial charge < -0.3 is 9.42 Å². The first-order valence-electron chi connectivity index (χ1n) is 2.68. The summed E-state index contributed by atoms with van der Waals surface area (Å²) < 4.78 is 15.0. The lowest BCUT2D eigenvalue weighted by molar-refractivity contribution is 0.319. The normalized spacial score (nSPS) is 18.6. The fourth-order valence-electron chi connectivity index (χ4n) is 0.316. The van der Waals surface area contributed by atoms with Crippen LogP contribution in [0, 0.1) is 0 Å². The Morgan fingerprint density at radius 3 is 2.70 bits per heavy atom. The molecule has 0 aromatic carbocycles. The highest BCUT2D eigenvalue weighted by atomic mass is 35.5. The maximum atomic E-state index is 10.7. The molecule has 0 aliphatic heterocycles. The van der Waals surface area contributed by atoms with E-state index >= 15 is 0 Å². The van der Waals surface area contributed by atoms with Gasteiger partial charge in [0.05, 0.1) is 6.16 Å². The molecule has 1 atom stereocenters. The van der Waals surface area contributed by atoms with Crippen molar-refractivity contribution in [3.8, 4) is 0 Å². The lowest BCUT2D eigenvalue weighted by Gasteiger charge is -2.03. The highest BCUT2D eigenvalue weighted by Crippen LogP contribution is 2.40. The molecule has 0 fully saturated rings. The van der Waals surface area contributed by atoms with Crippen LogP contribution in [0.2, 0.25) is 0 Å². The highest BCUT2D eigenvalue weighted by molar-refractivity contribution is 7.53. The van der Waals surface area contributed by atoms with Crippen LogP contribution in [0.5, 0.6) is 0 Å². The van der Waals surface area contributed by atoms with Crippen molar-refractivity contribution in [2.45, 2.75) is 6.92 Å². The molecule has 0 aliphatic rings. The first-order chi connectivity index (χ1) is 4.48. The standard InChI is InChI=1S/C5H10ClO3P/c1-5(6)3-4-10(7,8)9-2/h3H,4H2,1-2H3,(H,7,8). The zero-order chi connectivity index (χ0) is 8.20. The molecule has 0 aliphatic carbocycles. The van der Waals surface area contributed by atoms with Crippen molar-refractivity contribution in [1.82, 2.24) is 0 Å². The Labute approximate surface area is 65.2 Å². The van der Waals surface area contributed by atoms with E-state index in [0.29, 0.717) is 5.03 Å². The van der Waals surface area contributed by atoms with Crippen molar-refractivity contribution >= 4 is 19.2 Å². The van der Waals surface area contributed by atoms with Crippen LogP contribution in [0.1, 0.15) is 6.92 Å². The molecule has 0 saturated carbocycles. The third-order valence-electron chi connectivity index (χ3n) is 0.889. The van der Waals surface area contributed by atoms with E-state index in [9.17, 15) is 4.57 Å². The highest BCUT2D eigenvalue weighted by Gasteiger charge is 2.13. The van der Waals surface area contributed by atoms with E-state index in [4.69, 9.17) is 16.5 Å². The number of hydrogen-bond donors (Lipinski definition) is 1. The van der Waals surface area contributed by atoms with Crippen LogP contribution in [0.25, 0.3) is 0 Å². The molecule has 0 aromatic rings. The van der Waals surface area contributed by atoms with Crippen molar-refractivity contribution in [3.05, 3.63) is 11.1 Å². The molecule has 5 heteroatoms. The summed E-state index contributed by atoms with van der Waals surface area (Å²) in [6, 6.07) is 0. The molecule has 0 spiro atoms. The second-order valence-electron chi connectivity index (χ2n) is 1.79. The molecule has 0 radical (unpaired) electrons. The topological polar surface area (TPSA) is 46.5 Å². The number of hydrogen-bond acceptors (Lipinski definition) is 2. The number of allylic oxidation sites excluding steroid dienone is 2. The van der Waals surface area contributed by atoms with Crippen LogP contribution < -0.4 is 0 Å². The third-order valence-corrected chi connectivity index (χ3v) is 2.26. The maximum Gasteiger partial charge on any atom is 0.331 e. The van der Waals surface area contributed by atoms with Gasteiger partial charge in [-0.25, -0.2) is 0 Å². The van der Waals surface area contributed by atoms with E-state index in [1.54, 1.807) is 6.92 Å². The van der Waals surface area contributed by atoms with Gasteiger partial charge in [0.25, 0.3) is 0 Å². The minimum absolute atomic E-state index is 0.0289. The average Bonchev–Trinajstić information content (AvgIpc) is 1.85. The maximum absolute atomic E-state index is 10.7. The summed E-state index contributed by atoms with van der Waals surface area (Å²) in [5.74, 6) is 0. The van der Waals surface area contributed by atoms with E-state index in [0.717, 1.165) is 0 Å². The summed E-state index contributed by atoms with van der Waals surface area (Å²) in [7, 11) is -2.20. The third kappa shape index (κ3) is 5.00. The van der Waals surface area contributed by atoms with Gasteiger partial charge in [0, 0.05) is 12.1 Å². The van der Waals surface area contributed by atoms with Crippen LogP contribution in [0.4, 0.5) is 0 Å². The number of halogens is 1. The quantitative estimate of drug-likeness (QED) is 0.682. The largest absolute Gasteiger partial charge is 0.331 e. The Morgan fingerprint density at radius 1 is 1.90 bits per heavy atom. The number of rotatable bonds is 3. The van der Waals surface area contributed by atoms with Crippen molar-refractivity contribution in [1.29, 1.82) is 0 Å². The van der Waals surface area contributed by atoms with Crippen LogP contribution >= 0.6 is 19.2 Å². The molecule has 1 N–H and O–H groups in total. The van der Waals surface area contributed by atoms with Crippen LogP contribution in [0.15, 0.2) is 11.1 Å². The Hall–Kier alpha value is 0.180. The molecular weight excluding hydrogens is 174 g/mol. The Morgan fingerprint density at radius 2 is 2.40 bits per heavy atom. The van der Waals surface area contributed by atoms with Crippen LogP contribution in [0.3, 0.4) is 0 Å². The monoisotopic (exact) mass is 184 g/mol. The first-order valence-corrected chi connectivity index (χ1v) is 4.82. The van der Waals surface area contributed by atoms with Crippen molar-refractivity contribution < 1.29 is 14.0 Å². The van der Waals surface area contributed by atoms with E-state index in [1.807, 2.05) is 0 Å². The van der Waals surface area contributed by atoms with E-state index < -0.39 is 7.60 Å². The first kappa shape index (κ1) is 10.2. The van der Waals surface area contributed by atoms with Gasteiger partial charge in [0.2, 0.25) is 0 Å². The second-order valence-corrected chi connectivity index (χ2v) is 4.39. The minimum atomic E-state index is -3.39. The molecule has 0 rings (SSSR count). The van der Waals surface area contributed by atoms with Crippen molar-refractivity contribution in [3.63, 3.8) is 0 Å². The Balaban J connectivity index is 3.92. The lowest BCUT2D eigenvalue weighted by atomic mass is 10.6. The van der Waals surface area contributed by atoms with E-state index in [2.05, 4.69) is 4.52 Å². The second kappa shape index (κ2) is 4.14. The minimum Gasteiger partial charge on any atom is -0.324 e. The molecule has 0 amide bonds. The summed E-state index contributed by atoms with van der Waals surface area (Å²) >= 11 is 5.41. The van der Waals surface area contributed by atoms with Gasteiger partial charge in [-0.15, -0.1) is 0 Å². The zero-order valence-corrected chi connectivity index (χ0v) is 7.52. The predicted octanol–water partition coefficient (Wildman–Crippen LogP) is 1.96. The average molecular weight is 185 g/mol. The van der Waals surface area contributed by atoms with Crippen molar-refractivity contribution in [2.24, 2.45) is 0 Å². The van der Waals surface area contributed by atoms with Crippen LogP contribution in [-0.2, 0) is 9.09 Å². The van der Waals surface area contributed by atoms with E-state index in [1.165, 1.54) is 13.2 Å². The fourth-order valence-corrected chi connectivity index (χ4v) is 1.15. The molecule has 0 heterocycles. The summed E-state index contributed by atoms with van der Waals surface area (Å²) in [6.07, 6.45) is 1.42. The van der Waals surface area contributed by atoms with E-state index in [-0.39, 0.29) is 6.16 Å². The molecule has 0 bridgehead atoms. The molecule has 60 valence electrons. The molecule has 1 unspecified atom stereocenters. The van der Waals surface area contributed by atoms with Crippen LogP contribution in [-0.4, -0.2) is 18.2 Å².